The summed E-state index contributed by atoms with van der Waals surface area (Å²) in [6, 6.07) is 11.6. The van der Waals surface area contributed by atoms with Gasteiger partial charge < -0.3 is 5.43 Å². The van der Waals surface area contributed by atoms with E-state index in [0.717, 1.165) is 18.8 Å². The molecular formula is C11H9Br2N3S. The molecule has 1 aromatic heterocycles. The molecule has 0 aliphatic rings. The number of para-hydroxylation sites is 1. The monoisotopic (exact) mass is 373 g/mol. The Morgan fingerprint density at radius 2 is 1.94 bits per heavy atom. The first-order valence-corrected chi connectivity index (χ1v) is 7.16. The molecule has 2 rings (SSSR count). The molecule has 0 saturated carbocycles. The maximum Gasteiger partial charge on any atom is 0.158 e. The molecule has 1 heterocycles. The number of nitrogens with zero attached hydrogens (tertiary/aromatic N) is 1. The van der Waals surface area contributed by atoms with Gasteiger partial charge in [-0.15, -0.1) is 11.3 Å². The number of amidine groups is 1. The Morgan fingerprint density at radius 1 is 1.24 bits per heavy atom. The first-order valence-electron chi connectivity index (χ1n) is 4.76. The smallest absolute Gasteiger partial charge is 0.158 e. The van der Waals surface area contributed by atoms with Gasteiger partial charge in [0, 0.05) is 4.47 Å². The van der Waals surface area contributed by atoms with Crippen LogP contribution in [0.5, 0.6) is 0 Å². The van der Waals surface area contributed by atoms with E-state index in [4.69, 9.17) is 5.84 Å². The topological polar surface area (TPSA) is 50.4 Å². The van der Waals surface area contributed by atoms with E-state index in [2.05, 4.69) is 42.3 Å². The molecule has 0 saturated heterocycles. The Labute approximate surface area is 120 Å². The molecule has 88 valence electrons. The molecule has 0 unspecified atom stereocenters. The van der Waals surface area contributed by atoms with Crippen molar-refractivity contribution in [1.82, 2.24) is 5.43 Å². The van der Waals surface area contributed by atoms with Crippen LogP contribution in [0.3, 0.4) is 0 Å². The molecule has 0 radical (unpaired) electrons. The van der Waals surface area contributed by atoms with Crippen LogP contribution in [0.15, 0.2) is 49.6 Å². The van der Waals surface area contributed by atoms with Gasteiger partial charge in [0.25, 0.3) is 0 Å². The molecule has 0 atom stereocenters. The number of hydrogen-bond acceptors (Lipinski definition) is 3. The maximum absolute atomic E-state index is 5.51. The van der Waals surface area contributed by atoms with Gasteiger partial charge in [-0.3, -0.25) is 0 Å². The fraction of sp³-hybridized carbons (Fsp3) is 0. The van der Waals surface area contributed by atoms with Crippen molar-refractivity contribution < 1.29 is 0 Å². The van der Waals surface area contributed by atoms with Gasteiger partial charge in [0.2, 0.25) is 0 Å². The minimum atomic E-state index is 0.646. The molecule has 0 amide bonds. The summed E-state index contributed by atoms with van der Waals surface area (Å²) >= 11 is 8.45. The quantitative estimate of drug-likeness (QED) is 0.363. The van der Waals surface area contributed by atoms with E-state index < -0.39 is 0 Å². The summed E-state index contributed by atoms with van der Waals surface area (Å²) in [7, 11) is 0. The first-order chi connectivity index (χ1) is 8.20. The van der Waals surface area contributed by atoms with Crippen LogP contribution < -0.4 is 11.3 Å². The highest BCUT2D eigenvalue weighted by molar-refractivity contribution is 9.13. The Bertz CT molecular complexity index is 517. The molecule has 3 nitrogen and oxygen atoms in total. The number of hydrogen-bond donors (Lipinski definition) is 2. The average Bonchev–Trinajstić information content (AvgIpc) is 2.68. The van der Waals surface area contributed by atoms with Crippen LogP contribution >= 0.6 is 43.2 Å². The minimum absolute atomic E-state index is 0.646. The molecule has 2 aromatic rings. The van der Waals surface area contributed by atoms with E-state index >= 15 is 0 Å². The second kappa shape index (κ2) is 5.77. The molecule has 17 heavy (non-hydrogen) atoms. The van der Waals surface area contributed by atoms with Crippen molar-refractivity contribution in [2.75, 3.05) is 0 Å². The van der Waals surface area contributed by atoms with Gasteiger partial charge in [-0.05, 0) is 50.1 Å². The number of rotatable bonds is 2. The summed E-state index contributed by atoms with van der Waals surface area (Å²) in [5.41, 5.74) is 3.49. The second-order valence-corrected chi connectivity index (χ2v) is 6.40. The lowest BCUT2D eigenvalue weighted by Gasteiger charge is -2.02. The molecule has 1 aromatic carbocycles. The summed E-state index contributed by atoms with van der Waals surface area (Å²) in [6.45, 7) is 0. The van der Waals surface area contributed by atoms with Crippen molar-refractivity contribution in [2.45, 2.75) is 0 Å². The van der Waals surface area contributed by atoms with Crippen molar-refractivity contribution in [1.29, 1.82) is 0 Å². The Hall–Kier alpha value is -0.690. The third kappa shape index (κ3) is 3.16. The highest BCUT2D eigenvalue weighted by atomic mass is 79.9. The average molecular weight is 375 g/mol. The van der Waals surface area contributed by atoms with Crippen LogP contribution in [-0.4, -0.2) is 5.84 Å². The second-order valence-electron chi connectivity index (χ2n) is 3.17. The van der Waals surface area contributed by atoms with Crippen molar-refractivity contribution in [3.05, 3.63) is 49.5 Å². The molecule has 0 spiro atoms. The Morgan fingerprint density at radius 3 is 2.47 bits per heavy atom. The molecule has 6 heteroatoms. The third-order valence-electron chi connectivity index (χ3n) is 2.01. The largest absolute Gasteiger partial charge is 0.307 e. The van der Waals surface area contributed by atoms with Crippen molar-refractivity contribution >= 4 is 54.7 Å². The van der Waals surface area contributed by atoms with E-state index in [1.807, 2.05) is 36.4 Å². The third-order valence-corrected chi connectivity index (χ3v) is 5.28. The Kier molecular flexibility index (Phi) is 4.33. The van der Waals surface area contributed by atoms with Crippen LogP contribution in [0.4, 0.5) is 5.69 Å². The summed E-state index contributed by atoms with van der Waals surface area (Å²) in [5.74, 6) is 6.15. The fourth-order valence-electron chi connectivity index (χ4n) is 1.25. The van der Waals surface area contributed by atoms with E-state index in [0.29, 0.717) is 5.84 Å². The van der Waals surface area contributed by atoms with Crippen LogP contribution in [-0.2, 0) is 0 Å². The summed E-state index contributed by atoms with van der Waals surface area (Å²) in [5, 5.41) is 0. The summed E-state index contributed by atoms with van der Waals surface area (Å²) < 4.78 is 2.01. The van der Waals surface area contributed by atoms with Crippen molar-refractivity contribution in [2.24, 2.45) is 10.8 Å². The highest BCUT2D eigenvalue weighted by Crippen LogP contribution is 2.32. The van der Waals surface area contributed by atoms with Crippen molar-refractivity contribution in [3.63, 3.8) is 0 Å². The standard InChI is InChI=1S/C11H9Br2N3S/c12-8-6-9(17-10(8)13)11(16-14)15-7-4-2-1-3-5-7/h1-6H,14H2,(H,15,16). The minimum Gasteiger partial charge on any atom is -0.307 e. The van der Waals surface area contributed by atoms with Gasteiger partial charge in [-0.2, -0.15) is 0 Å². The lowest BCUT2D eigenvalue weighted by Crippen LogP contribution is -2.30. The molecule has 0 fully saturated rings. The number of nitrogens with two attached hydrogens (primary N) is 1. The number of hydrazine groups is 1. The number of aliphatic imine (C=N–C) groups is 1. The van der Waals surface area contributed by atoms with Crippen LogP contribution in [0, 0.1) is 0 Å². The fourth-order valence-corrected chi connectivity index (χ4v) is 3.24. The van der Waals surface area contributed by atoms with E-state index in [1.54, 1.807) is 11.3 Å². The van der Waals surface area contributed by atoms with Gasteiger partial charge in [-0.25, -0.2) is 10.8 Å². The van der Waals surface area contributed by atoms with Gasteiger partial charge in [0.15, 0.2) is 5.84 Å². The maximum atomic E-state index is 5.51. The van der Waals surface area contributed by atoms with E-state index in [9.17, 15) is 0 Å². The predicted molar refractivity (Wildman–Crippen MR) is 79.7 cm³/mol. The summed E-state index contributed by atoms with van der Waals surface area (Å²) in [4.78, 5) is 5.42. The zero-order valence-corrected chi connectivity index (χ0v) is 12.6. The van der Waals surface area contributed by atoms with Crippen molar-refractivity contribution in [3.8, 4) is 0 Å². The van der Waals surface area contributed by atoms with Crippen LogP contribution in [0.1, 0.15) is 4.88 Å². The number of thiophene rings is 1. The van der Waals surface area contributed by atoms with Gasteiger partial charge in [-0.1, -0.05) is 18.2 Å². The zero-order chi connectivity index (χ0) is 12.3. The first kappa shape index (κ1) is 12.8. The van der Waals surface area contributed by atoms with Gasteiger partial charge in [0.05, 0.1) is 14.4 Å². The normalized spacial score (nSPS) is 11.6. The van der Waals surface area contributed by atoms with E-state index in [1.165, 1.54) is 0 Å². The van der Waals surface area contributed by atoms with Gasteiger partial charge in [0.1, 0.15) is 0 Å². The Balaban J connectivity index is 2.37. The molecule has 0 aliphatic heterocycles. The number of benzene rings is 1. The van der Waals surface area contributed by atoms with Crippen LogP contribution in [0.2, 0.25) is 0 Å². The molecule has 0 aliphatic carbocycles. The highest BCUT2D eigenvalue weighted by Gasteiger charge is 2.09. The van der Waals surface area contributed by atoms with Gasteiger partial charge >= 0.3 is 0 Å². The van der Waals surface area contributed by atoms with E-state index in [-0.39, 0.29) is 0 Å². The molecule has 3 N–H and O–H groups in total. The zero-order valence-electron chi connectivity index (χ0n) is 8.65. The predicted octanol–water partition coefficient (Wildman–Crippen LogP) is 3.81. The SMILES string of the molecule is NNC(=Nc1ccccc1)c1cc(Br)c(Br)s1. The lowest BCUT2D eigenvalue weighted by molar-refractivity contribution is 1.03. The number of nitrogens with one attached hydrogen (secondary N) is 1. The molecular weight excluding hydrogens is 366 g/mol. The summed E-state index contributed by atoms with van der Waals surface area (Å²) in [6.07, 6.45) is 0. The molecule has 0 bridgehead atoms. The number of halogens is 2. The lowest BCUT2D eigenvalue weighted by atomic mass is 10.3. The van der Waals surface area contributed by atoms with Crippen LogP contribution in [0.25, 0.3) is 0 Å².